The van der Waals surface area contributed by atoms with Crippen LogP contribution in [0.2, 0.25) is 0 Å². The van der Waals surface area contributed by atoms with E-state index in [0.29, 0.717) is 23.3 Å². The van der Waals surface area contributed by atoms with Gasteiger partial charge in [0.15, 0.2) is 6.61 Å². The summed E-state index contributed by atoms with van der Waals surface area (Å²) in [5.74, 6) is 1.19. The second-order valence-electron chi connectivity index (χ2n) is 4.88. The molecule has 1 N–H and O–H groups in total. The number of benzene rings is 1. The molecule has 2 atom stereocenters. The van der Waals surface area contributed by atoms with Crippen molar-refractivity contribution in [2.75, 3.05) is 6.61 Å². The number of nitriles is 1. The fraction of sp³-hybridized carbons (Fsp3) is 0.467. The van der Waals surface area contributed by atoms with Crippen LogP contribution in [0, 0.1) is 17.2 Å². The average Bonchev–Trinajstić information content (AvgIpc) is 3.15. The van der Waals surface area contributed by atoms with E-state index in [2.05, 4.69) is 12.2 Å². The summed E-state index contributed by atoms with van der Waals surface area (Å²) in [5.41, 5.74) is 0.581. The van der Waals surface area contributed by atoms with Gasteiger partial charge >= 0.3 is 0 Å². The van der Waals surface area contributed by atoms with Crippen LogP contribution < -0.4 is 10.1 Å². The molecule has 1 aromatic carbocycles. The summed E-state index contributed by atoms with van der Waals surface area (Å²) in [6.07, 6.45) is 3.44. The molecule has 19 heavy (non-hydrogen) atoms. The lowest BCUT2D eigenvalue weighted by Gasteiger charge is -2.07. The van der Waals surface area contributed by atoms with E-state index < -0.39 is 0 Å². The molecule has 0 aromatic heterocycles. The van der Waals surface area contributed by atoms with Crippen LogP contribution in [0.15, 0.2) is 24.3 Å². The van der Waals surface area contributed by atoms with Crippen LogP contribution in [0.4, 0.5) is 0 Å². The molecular formula is C15H18N2O2. The third kappa shape index (κ3) is 3.99. The molecule has 4 nitrogen and oxygen atoms in total. The Bertz CT molecular complexity index is 476. The van der Waals surface area contributed by atoms with Gasteiger partial charge in [-0.05, 0) is 43.0 Å². The van der Waals surface area contributed by atoms with Crippen molar-refractivity contribution in [3.63, 3.8) is 0 Å². The van der Waals surface area contributed by atoms with Crippen molar-refractivity contribution >= 4 is 5.91 Å². The van der Waals surface area contributed by atoms with Gasteiger partial charge in [0.05, 0.1) is 11.6 Å². The van der Waals surface area contributed by atoms with Gasteiger partial charge in [-0.15, -0.1) is 0 Å². The molecule has 1 aromatic rings. The number of carbonyl (C=O) groups excluding carboxylic acids is 1. The second kappa shape index (κ2) is 6.24. The molecule has 0 saturated heterocycles. The van der Waals surface area contributed by atoms with Crippen molar-refractivity contribution < 1.29 is 9.53 Å². The Morgan fingerprint density at radius 3 is 2.84 bits per heavy atom. The van der Waals surface area contributed by atoms with Crippen LogP contribution in [0.1, 0.15) is 31.7 Å². The number of nitrogens with zero attached hydrogens (tertiary/aromatic N) is 1. The topological polar surface area (TPSA) is 62.1 Å². The number of rotatable bonds is 6. The van der Waals surface area contributed by atoms with Crippen molar-refractivity contribution in [2.45, 2.75) is 32.2 Å². The third-order valence-electron chi connectivity index (χ3n) is 3.28. The van der Waals surface area contributed by atoms with E-state index in [0.717, 1.165) is 6.42 Å². The molecule has 1 saturated carbocycles. The average molecular weight is 258 g/mol. The Hall–Kier alpha value is -2.02. The lowest BCUT2D eigenvalue weighted by atomic mass is 10.2. The van der Waals surface area contributed by atoms with E-state index in [1.54, 1.807) is 24.3 Å². The van der Waals surface area contributed by atoms with E-state index in [4.69, 9.17) is 10.00 Å². The van der Waals surface area contributed by atoms with E-state index >= 15 is 0 Å². The highest BCUT2D eigenvalue weighted by molar-refractivity contribution is 5.78. The fourth-order valence-corrected chi connectivity index (χ4v) is 2.14. The highest BCUT2D eigenvalue weighted by Gasteiger charge is 2.36. The maximum absolute atomic E-state index is 11.7. The molecule has 2 unspecified atom stereocenters. The van der Waals surface area contributed by atoms with Crippen molar-refractivity contribution in [3.8, 4) is 11.8 Å². The Balaban J connectivity index is 1.70. The highest BCUT2D eigenvalue weighted by atomic mass is 16.5. The first-order valence-electron chi connectivity index (χ1n) is 6.65. The largest absolute Gasteiger partial charge is 0.484 e. The summed E-state index contributed by atoms with van der Waals surface area (Å²) >= 11 is 0. The molecule has 0 aliphatic heterocycles. The standard InChI is InChI=1S/C15H18N2O2/c1-2-3-12-8-14(12)17-15(18)10-19-13-6-4-11(9-16)5-7-13/h4-7,12,14H,2-3,8,10H2,1H3,(H,17,18). The maximum Gasteiger partial charge on any atom is 0.258 e. The Labute approximate surface area is 113 Å². The number of carbonyl (C=O) groups is 1. The van der Waals surface area contributed by atoms with Gasteiger partial charge in [-0.3, -0.25) is 4.79 Å². The van der Waals surface area contributed by atoms with Crippen LogP contribution in [-0.2, 0) is 4.79 Å². The normalized spacial score (nSPS) is 20.4. The van der Waals surface area contributed by atoms with Gasteiger partial charge < -0.3 is 10.1 Å². The van der Waals surface area contributed by atoms with E-state index in [9.17, 15) is 4.79 Å². The molecule has 2 rings (SSSR count). The summed E-state index contributed by atoms with van der Waals surface area (Å²) in [4.78, 5) is 11.7. The Morgan fingerprint density at radius 1 is 1.47 bits per heavy atom. The molecule has 0 spiro atoms. The molecule has 1 aliphatic carbocycles. The number of hydrogen-bond donors (Lipinski definition) is 1. The third-order valence-corrected chi connectivity index (χ3v) is 3.28. The van der Waals surface area contributed by atoms with Gasteiger partial charge in [-0.2, -0.15) is 5.26 Å². The van der Waals surface area contributed by atoms with Crippen LogP contribution >= 0.6 is 0 Å². The molecule has 100 valence electrons. The summed E-state index contributed by atoms with van der Waals surface area (Å²) in [6, 6.07) is 9.12. The first-order chi connectivity index (χ1) is 9.22. The van der Waals surface area contributed by atoms with E-state index in [1.807, 2.05) is 6.07 Å². The first-order valence-corrected chi connectivity index (χ1v) is 6.65. The molecule has 0 heterocycles. The predicted molar refractivity (Wildman–Crippen MR) is 71.6 cm³/mol. The summed E-state index contributed by atoms with van der Waals surface area (Å²) < 4.78 is 5.37. The molecular weight excluding hydrogens is 240 g/mol. The summed E-state index contributed by atoms with van der Waals surface area (Å²) in [6.45, 7) is 2.19. The second-order valence-corrected chi connectivity index (χ2v) is 4.88. The monoisotopic (exact) mass is 258 g/mol. The lowest BCUT2D eigenvalue weighted by molar-refractivity contribution is -0.123. The fourth-order valence-electron chi connectivity index (χ4n) is 2.14. The quantitative estimate of drug-likeness (QED) is 0.851. The lowest BCUT2D eigenvalue weighted by Crippen LogP contribution is -2.31. The molecule has 0 bridgehead atoms. The van der Waals surface area contributed by atoms with E-state index in [1.165, 1.54) is 12.8 Å². The molecule has 1 fully saturated rings. The predicted octanol–water partition coefficient (Wildman–Crippen LogP) is 2.24. The van der Waals surface area contributed by atoms with Crippen molar-refractivity contribution in [1.82, 2.24) is 5.32 Å². The van der Waals surface area contributed by atoms with Gasteiger partial charge in [0, 0.05) is 6.04 Å². The van der Waals surface area contributed by atoms with Gasteiger partial charge in [0.25, 0.3) is 5.91 Å². The summed E-state index contributed by atoms with van der Waals surface area (Å²) in [7, 11) is 0. The van der Waals surface area contributed by atoms with Gasteiger partial charge in [0.1, 0.15) is 5.75 Å². The van der Waals surface area contributed by atoms with Crippen molar-refractivity contribution in [2.24, 2.45) is 5.92 Å². The first kappa shape index (κ1) is 13.4. The van der Waals surface area contributed by atoms with Gasteiger partial charge in [0.2, 0.25) is 0 Å². The van der Waals surface area contributed by atoms with E-state index in [-0.39, 0.29) is 12.5 Å². The highest BCUT2D eigenvalue weighted by Crippen LogP contribution is 2.34. The van der Waals surface area contributed by atoms with Crippen LogP contribution in [0.25, 0.3) is 0 Å². The Morgan fingerprint density at radius 2 is 2.21 bits per heavy atom. The SMILES string of the molecule is CCCC1CC1NC(=O)COc1ccc(C#N)cc1. The van der Waals surface area contributed by atoms with Crippen molar-refractivity contribution in [1.29, 1.82) is 5.26 Å². The minimum absolute atomic E-state index is 0.0290. The molecule has 1 aliphatic rings. The van der Waals surface area contributed by atoms with Crippen LogP contribution in [0.5, 0.6) is 5.75 Å². The molecule has 1 amide bonds. The zero-order valence-corrected chi connectivity index (χ0v) is 11.1. The number of ether oxygens (including phenoxy) is 1. The number of amides is 1. The van der Waals surface area contributed by atoms with Crippen molar-refractivity contribution in [3.05, 3.63) is 29.8 Å². The van der Waals surface area contributed by atoms with Gasteiger partial charge in [-0.25, -0.2) is 0 Å². The maximum atomic E-state index is 11.7. The Kier molecular flexibility index (Phi) is 4.40. The van der Waals surface area contributed by atoms with Gasteiger partial charge in [-0.1, -0.05) is 13.3 Å². The molecule has 0 radical (unpaired) electrons. The minimum atomic E-state index is -0.0760. The number of nitrogens with one attached hydrogen (secondary N) is 1. The number of hydrogen-bond acceptors (Lipinski definition) is 3. The molecule has 4 heteroatoms. The van der Waals surface area contributed by atoms with Crippen LogP contribution in [0.3, 0.4) is 0 Å². The zero-order chi connectivity index (χ0) is 13.7. The smallest absolute Gasteiger partial charge is 0.258 e. The summed E-state index contributed by atoms with van der Waals surface area (Å²) in [5, 5.41) is 11.6. The zero-order valence-electron chi connectivity index (χ0n) is 11.1. The van der Waals surface area contributed by atoms with Crippen LogP contribution in [-0.4, -0.2) is 18.6 Å². The minimum Gasteiger partial charge on any atom is -0.484 e.